The van der Waals surface area contributed by atoms with E-state index in [1.165, 1.54) is 31.2 Å². The van der Waals surface area contributed by atoms with Crippen LogP contribution in [0.5, 0.6) is 0 Å². The fourth-order valence-corrected chi connectivity index (χ4v) is 3.77. The summed E-state index contributed by atoms with van der Waals surface area (Å²) in [4.78, 5) is 12.6. The second-order valence-electron chi connectivity index (χ2n) is 5.97. The molecule has 2 heteroatoms. The predicted molar refractivity (Wildman–Crippen MR) is 73.8 cm³/mol. The van der Waals surface area contributed by atoms with Crippen LogP contribution in [0.25, 0.3) is 0 Å². The molecule has 0 saturated heterocycles. The van der Waals surface area contributed by atoms with Crippen molar-refractivity contribution in [2.24, 2.45) is 11.8 Å². The highest BCUT2D eigenvalue weighted by atomic mass is 16.1. The molecule has 18 heavy (non-hydrogen) atoms. The lowest BCUT2D eigenvalue weighted by Gasteiger charge is -2.15. The minimum Gasteiger partial charge on any atom is -0.398 e. The van der Waals surface area contributed by atoms with Crippen LogP contribution in [0.1, 0.15) is 52.7 Å². The highest BCUT2D eigenvalue weighted by Gasteiger charge is 2.38. The van der Waals surface area contributed by atoms with E-state index in [-0.39, 0.29) is 5.92 Å². The van der Waals surface area contributed by atoms with Crippen LogP contribution in [0.15, 0.2) is 6.07 Å². The molecule has 1 saturated carbocycles. The molecular weight excluding hydrogens is 222 g/mol. The van der Waals surface area contributed by atoms with Gasteiger partial charge in [-0.3, -0.25) is 4.79 Å². The molecule has 1 aromatic carbocycles. The van der Waals surface area contributed by atoms with Gasteiger partial charge in [-0.15, -0.1) is 0 Å². The molecular formula is C16H21NO. The minimum absolute atomic E-state index is 0.238. The zero-order chi connectivity index (χ0) is 12.9. The number of carbonyl (C=O) groups excluding carboxylic acids is 1. The number of nitrogens with two attached hydrogens (primary N) is 1. The normalized spacial score (nSPS) is 23.7. The van der Waals surface area contributed by atoms with E-state index in [9.17, 15) is 4.79 Å². The first kappa shape index (κ1) is 11.8. The van der Waals surface area contributed by atoms with Crippen molar-refractivity contribution in [1.82, 2.24) is 0 Å². The summed E-state index contributed by atoms with van der Waals surface area (Å²) in [6, 6.07) is 2.03. The molecule has 0 amide bonds. The van der Waals surface area contributed by atoms with Crippen LogP contribution in [0.2, 0.25) is 0 Å². The van der Waals surface area contributed by atoms with E-state index >= 15 is 0 Å². The standard InChI is InChI=1S/C16H21NO/c1-9-10(2)15-12(8-14(9)17)7-13(16(15)18)11-5-3-4-6-11/h8,11,13H,3-7,17H2,1-2H3. The summed E-state index contributed by atoms with van der Waals surface area (Å²) in [5, 5.41) is 0. The van der Waals surface area contributed by atoms with Crippen molar-refractivity contribution in [1.29, 1.82) is 0 Å². The van der Waals surface area contributed by atoms with Gasteiger partial charge in [0.05, 0.1) is 0 Å². The zero-order valence-electron chi connectivity index (χ0n) is 11.3. The van der Waals surface area contributed by atoms with Gasteiger partial charge in [0.25, 0.3) is 0 Å². The second-order valence-corrected chi connectivity index (χ2v) is 5.97. The van der Waals surface area contributed by atoms with E-state index in [0.29, 0.717) is 11.7 Å². The maximum Gasteiger partial charge on any atom is 0.167 e. The summed E-state index contributed by atoms with van der Waals surface area (Å²) in [6.07, 6.45) is 5.98. The summed E-state index contributed by atoms with van der Waals surface area (Å²) < 4.78 is 0. The number of hydrogen-bond acceptors (Lipinski definition) is 2. The molecule has 1 unspecified atom stereocenters. The molecule has 2 aliphatic rings. The van der Waals surface area contributed by atoms with Crippen LogP contribution in [-0.4, -0.2) is 5.78 Å². The van der Waals surface area contributed by atoms with E-state index in [1.807, 2.05) is 19.9 Å². The molecule has 2 N–H and O–H groups in total. The van der Waals surface area contributed by atoms with Crippen molar-refractivity contribution < 1.29 is 4.79 Å². The van der Waals surface area contributed by atoms with Crippen molar-refractivity contribution in [3.8, 4) is 0 Å². The fraction of sp³-hybridized carbons (Fsp3) is 0.562. The Labute approximate surface area is 109 Å². The Morgan fingerprint density at radius 3 is 2.50 bits per heavy atom. The van der Waals surface area contributed by atoms with Crippen LogP contribution in [0.4, 0.5) is 5.69 Å². The van der Waals surface area contributed by atoms with E-state index in [4.69, 9.17) is 5.73 Å². The highest BCUT2D eigenvalue weighted by molar-refractivity contribution is 6.04. The van der Waals surface area contributed by atoms with Crippen molar-refractivity contribution in [3.05, 3.63) is 28.3 Å². The molecule has 0 radical (unpaired) electrons. The lowest BCUT2D eigenvalue weighted by atomic mass is 9.87. The summed E-state index contributed by atoms with van der Waals surface area (Å²) in [5.74, 6) is 1.24. The predicted octanol–water partition coefficient (Wildman–Crippen LogP) is 3.43. The van der Waals surface area contributed by atoms with E-state index in [2.05, 4.69) is 0 Å². The Morgan fingerprint density at radius 1 is 1.17 bits per heavy atom. The molecule has 0 aliphatic heterocycles. The summed E-state index contributed by atoms with van der Waals surface area (Å²) in [6.45, 7) is 4.06. The average molecular weight is 243 g/mol. The quantitative estimate of drug-likeness (QED) is 0.768. The molecule has 1 aromatic rings. The lowest BCUT2D eigenvalue weighted by molar-refractivity contribution is 0.0894. The number of anilines is 1. The number of benzene rings is 1. The SMILES string of the molecule is Cc1c(N)cc2c(c1C)C(=O)C(C1CCCC1)C2. The average Bonchev–Trinajstić information content (AvgIpc) is 2.94. The minimum atomic E-state index is 0.238. The molecule has 1 fully saturated rings. The van der Waals surface area contributed by atoms with Crippen LogP contribution in [0, 0.1) is 25.7 Å². The van der Waals surface area contributed by atoms with Crippen LogP contribution in [-0.2, 0) is 6.42 Å². The molecule has 2 nitrogen and oxygen atoms in total. The number of hydrogen-bond donors (Lipinski definition) is 1. The highest BCUT2D eigenvalue weighted by Crippen LogP contribution is 2.41. The third-order valence-electron chi connectivity index (χ3n) is 5.01. The van der Waals surface area contributed by atoms with E-state index in [1.54, 1.807) is 0 Å². The Balaban J connectivity index is 2.01. The molecule has 1 atom stereocenters. The van der Waals surface area contributed by atoms with Gasteiger partial charge >= 0.3 is 0 Å². The summed E-state index contributed by atoms with van der Waals surface area (Å²) >= 11 is 0. The second kappa shape index (κ2) is 4.11. The van der Waals surface area contributed by atoms with Crippen LogP contribution < -0.4 is 5.73 Å². The van der Waals surface area contributed by atoms with Gasteiger partial charge in [-0.25, -0.2) is 0 Å². The Kier molecular flexibility index (Phi) is 2.69. The topological polar surface area (TPSA) is 43.1 Å². The van der Waals surface area contributed by atoms with Crippen molar-refractivity contribution >= 4 is 11.5 Å². The van der Waals surface area contributed by atoms with E-state index < -0.39 is 0 Å². The van der Waals surface area contributed by atoms with Crippen LogP contribution in [0.3, 0.4) is 0 Å². The van der Waals surface area contributed by atoms with Crippen molar-refractivity contribution in [2.45, 2.75) is 46.0 Å². The first-order valence-electron chi connectivity index (χ1n) is 7.02. The Bertz CT molecular complexity index is 512. The zero-order valence-corrected chi connectivity index (χ0v) is 11.3. The number of fused-ring (bicyclic) bond motifs is 1. The number of Topliss-reactive ketones (excluding diaryl/α,β-unsaturated/α-hetero) is 1. The maximum absolute atomic E-state index is 12.6. The maximum atomic E-state index is 12.6. The Morgan fingerprint density at radius 2 is 1.83 bits per heavy atom. The third-order valence-corrected chi connectivity index (χ3v) is 5.01. The van der Waals surface area contributed by atoms with Gasteiger partial charge in [0.2, 0.25) is 0 Å². The van der Waals surface area contributed by atoms with E-state index in [0.717, 1.165) is 28.8 Å². The largest absolute Gasteiger partial charge is 0.398 e. The molecule has 0 aromatic heterocycles. The van der Waals surface area contributed by atoms with Gasteiger partial charge in [-0.2, -0.15) is 0 Å². The van der Waals surface area contributed by atoms with Crippen molar-refractivity contribution in [2.75, 3.05) is 5.73 Å². The number of carbonyl (C=O) groups is 1. The number of rotatable bonds is 1. The smallest absolute Gasteiger partial charge is 0.167 e. The van der Waals surface area contributed by atoms with Crippen molar-refractivity contribution in [3.63, 3.8) is 0 Å². The van der Waals surface area contributed by atoms with Gasteiger partial charge in [0, 0.05) is 17.2 Å². The molecule has 2 aliphatic carbocycles. The van der Waals surface area contributed by atoms with Crippen LogP contribution >= 0.6 is 0 Å². The van der Waals surface area contributed by atoms with Gasteiger partial charge < -0.3 is 5.73 Å². The summed E-state index contributed by atoms with van der Waals surface area (Å²) in [7, 11) is 0. The first-order chi connectivity index (χ1) is 8.59. The first-order valence-corrected chi connectivity index (χ1v) is 7.02. The van der Waals surface area contributed by atoms with Gasteiger partial charge in [-0.1, -0.05) is 12.8 Å². The monoisotopic (exact) mass is 243 g/mol. The van der Waals surface area contributed by atoms with Gasteiger partial charge in [0.15, 0.2) is 5.78 Å². The summed E-state index contributed by atoms with van der Waals surface area (Å²) in [5.41, 5.74) is 11.2. The molecule has 0 heterocycles. The molecule has 96 valence electrons. The molecule has 0 spiro atoms. The van der Waals surface area contributed by atoms with Gasteiger partial charge in [-0.05, 0) is 61.8 Å². The fourth-order valence-electron chi connectivity index (χ4n) is 3.77. The molecule has 0 bridgehead atoms. The number of nitrogen functional groups attached to an aromatic ring is 1. The Hall–Kier alpha value is -1.31. The lowest BCUT2D eigenvalue weighted by Crippen LogP contribution is -2.18. The van der Waals surface area contributed by atoms with Gasteiger partial charge in [0.1, 0.15) is 0 Å². The third kappa shape index (κ3) is 1.58. The number of ketones is 1. The molecule has 3 rings (SSSR count).